The number of nitrogens with one attached hydrogen (secondary N) is 2. The van der Waals surface area contributed by atoms with Crippen molar-refractivity contribution >= 4 is 44.5 Å². The van der Waals surface area contributed by atoms with Gasteiger partial charge in [-0.15, -0.1) is 0 Å². The summed E-state index contributed by atoms with van der Waals surface area (Å²) in [5.41, 5.74) is -0.0279. The maximum Gasteiger partial charge on any atom is 0.344 e. The fourth-order valence-electron chi connectivity index (χ4n) is 3.62. The van der Waals surface area contributed by atoms with Crippen molar-refractivity contribution in [1.82, 2.24) is 19.5 Å². The molecule has 0 bridgehead atoms. The molecule has 1 aliphatic heterocycles. The summed E-state index contributed by atoms with van der Waals surface area (Å²) >= 11 is 3.96. The van der Waals surface area contributed by atoms with Crippen molar-refractivity contribution in [3.05, 3.63) is 39.6 Å². The molecular formula is C22H29BrFN5O5S. The molecule has 35 heavy (non-hydrogen) atoms. The molecule has 4 N–H and O–H groups in total. The van der Waals surface area contributed by atoms with Crippen LogP contribution in [0.4, 0.5) is 14.2 Å². The number of aliphatic hydroxyl groups excluding tert-OH is 1. The quantitative estimate of drug-likeness (QED) is 0.285. The number of carbonyl (C=O) groups is 2. The predicted molar refractivity (Wildman–Crippen MR) is 134 cm³/mol. The number of nitrogens with zero attached hydrogens (tertiary/aromatic N) is 3. The third-order valence-corrected chi connectivity index (χ3v) is 6.79. The highest BCUT2D eigenvalue weighted by Gasteiger charge is 2.24. The molecule has 3 rings (SSSR count). The van der Waals surface area contributed by atoms with E-state index in [1.54, 1.807) is 6.07 Å². The van der Waals surface area contributed by atoms with Crippen LogP contribution in [-0.2, 0) is 6.61 Å². The third kappa shape index (κ3) is 8.39. The Morgan fingerprint density at radius 2 is 1.89 bits per heavy atom. The Labute approximate surface area is 215 Å². The highest BCUT2D eigenvalue weighted by Crippen LogP contribution is 2.31. The van der Waals surface area contributed by atoms with E-state index in [4.69, 9.17) is 9.84 Å². The van der Waals surface area contributed by atoms with Gasteiger partial charge in [0.1, 0.15) is 17.4 Å². The van der Waals surface area contributed by atoms with Crippen molar-refractivity contribution in [3.8, 4) is 5.88 Å². The summed E-state index contributed by atoms with van der Waals surface area (Å²) < 4.78 is 24.0. The molecule has 0 atom stereocenters. The van der Waals surface area contributed by atoms with E-state index < -0.39 is 17.8 Å². The number of amides is 2. The average Bonchev–Trinajstić information content (AvgIpc) is 3.22. The minimum absolute atomic E-state index is 0.0435. The van der Waals surface area contributed by atoms with E-state index in [9.17, 15) is 19.1 Å². The number of rotatable bonds is 12. The second-order valence-electron chi connectivity index (χ2n) is 8.02. The normalized spacial score (nSPS) is 14.6. The van der Waals surface area contributed by atoms with E-state index in [1.165, 1.54) is 12.1 Å². The van der Waals surface area contributed by atoms with Crippen LogP contribution in [0, 0.1) is 5.82 Å². The van der Waals surface area contributed by atoms with E-state index >= 15 is 0 Å². The zero-order valence-electron chi connectivity index (χ0n) is 19.1. The van der Waals surface area contributed by atoms with Crippen LogP contribution in [0.5, 0.6) is 5.88 Å². The van der Waals surface area contributed by atoms with Crippen molar-refractivity contribution in [3.63, 3.8) is 0 Å². The highest BCUT2D eigenvalue weighted by molar-refractivity contribution is 9.10. The van der Waals surface area contributed by atoms with Crippen LogP contribution in [0.2, 0.25) is 0 Å². The molecule has 13 heteroatoms. The zero-order chi connectivity index (χ0) is 25.2. The largest absolute Gasteiger partial charge is 0.477 e. The fourth-order valence-corrected chi connectivity index (χ4v) is 4.68. The minimum atomic E-state index is -1.31. The van der Waals surface area contributed by atoms with Crippen LogP contribution in [0.1, 0.15) is 28.8 Å². The van der Waals surface area contributed by atoms with E-state index in [-0.39, 0.29) is 35.2 Å². The molecule has 2 heterocycles. The van der Waals surface area contributed by atoms with Gasteiger partial charge in [-0.25, -0.2) is 14.0 Å². The van der Waals surface area contributed by atoms with Gasteiger partial charge in [-0.3, -0.25) is 10.2 Å². The molecule has 0 saturated carbocycles. The first-order chi connectivity index (χ1) is 16.9. The highest BCUT2D eigenvalue weighted by atomic mass is 79.9. The molecule has 0 radical (unpaired) electrons. The first kappa shape index (κ1) is 27.3. The molecule has 2 aromatic rings. The van der Waals surface area contributed by atoms with Gasteiger partial charge in [-0.05, 0) is 43.1 Å². The van der Waals surface area contributed by atoms with E-state index in [1.807, 2.05) is 0 Å². The molecule has 192 valence electrons. The van der Waals surface area contributed by atoms with Crippen LogP contribution in [0.3, 0.4) is 0 Å². The zero-order valence-corrected chi connectivity index (χ0v) is 21.5. The lowest BCUT2D eigenvalue weighted by molar-refractivity contribution is 0.0693. The van der Waals surface area contributed by atoms with E-state index in [0.29, 0.717) is 17.6 Å². The molecule has 1 aromatic carbocycles. The number of urea groups is 1. The summed E-state index contributed by atoms with van der Waals surface area (Å²) in [7, 11) is 0. The predicted octanol–water partition coefficient (Wildman–Crippen LogP) is 2.83. The van der Waals surface area contributed by atoms with Crippen molar-refractivity contribution < 1.29 is 28.9 Å². The molecule has 0 aliphatic carbocycles. The number of unbranched alkanes of at least 4 members (excludes halogenated alkanes) is 1. The molecule has 2 amide bonds. The van der Waals surface area contributed by atoms with E-state index in [0.717, 1.165) is 57.1 Å². The minimum Gasteiger partial charge on any atom is -0.477 e. The van der Waals surface area contributed by atoms with Crippen LogP contribution in [-0.4, -0.2) is 88.8 Å². The number of halogens is 2. The topological polar surface area (TPSA) is 127 Å². The first-order valence-electron chi connectivity index (χ1n) is 11.3. The Hall–Kier alpha value is -2.32. The molecule has 1 saturated heterocycles. The lowest BCUT2D eigenvalue weighted by atomic mass is 10.2. The first-order valence-corrected chi connectivity index (χ1v) is 12.8. The molecule has 0 unspecified atom stereocenters. The second-order valence-corrected chi connectivity index (χ2v) is 9.71. The Balaban J connectivity index is 1.41. The number of aromatic nitrogens is 1. The lowest BCUT2D eigenvalue weighted by Gasteiger charge is -2.34. The number of carboxylic acids is 1. The summed E-state index contributed by atoms with van der Waals surface area (Å²) in [5.74, 6) is -1.98. The standard InChI is InChI=1S/C22H29BrFN5O5S/c23-16-4-3-15(17(24)13-16)14-34-19-18(21(31)32)20(35-27-19)26-22(33)25-5-1-2-6-28-7-9-29(10-8-28)11-12-30/h3-4,13,30H,1-2,5-12,14H2,(H,31,32)(H2,25,26,33). The number of hydrogen-bond acceptors (Lipinski definition) is 8. The number of piperazine rings is 1. The summed E-state index contributed by atoms with van der Waals surface area (Å²) in [6.07, 6.45) is 1.71. The van der Waals surface area contributed by atoms with Gasteiger partial charge in [0.05, 0.1) is 6.61 Å². The van der Waals surface area contributed by atoms with Gasteiger partial charge >= 0.3 is 12.0 Å². The molecule has 1 aliphatic rings. The third-order valence-electron chi connectivity index (χ3n) is 5.55. The molecular weight excluding hydrogens is 545 g/mol. The van der Waals surface area contributed by atoms with E-state index in [2.05, 4.69) is 40.7 Å². The van der Waals surface area contributed by atoms with Crippen molar-refractivity contribution in [1.29, 1.82) is 0 Å². The number of β-amino-alcohol motifs (C(OH)–C–C–N with tert-alkyl or cyclic N) is 1. The van der Waals surface area contributed by atoms with Gasteiger partial charge in [0, 0.05) is 49.3 Å². The summed E-state index contributed by atoms with van der Waals surface area (Å²) in [4.78, 5) is 28.6. The van der Waals surface area contributed by atoms with Crippen LogP contribution in [0.25, 0.3) is 0 Å². The Morgan fingerprint density at radius 3 is 2.54 bits per heavy atom. The number of benzene rings is 1. The Kier molecular flexibility index (Phi) is 10.7. The van der Waals surface area contributed by atoms with Crippen molar-refractivity contribution in [2.45, 2.75) is 19.4 Å². The second kappa shape index (κ2) is 13.7. The smallest absolute Gasteiger partial charge is 0.344 e. The summed E-state index contributed by atoms with van der Waals surface area (Å²) in [6, 6.07) is 3.93. The number of hydrogen-bond donors (Lipinski definition) is 4. The van der Waals surface area contributed by atoms with Gasteiger partial charge in [0.15, 0.2) is 5.56 Å². The number of carboxylic acid groups (broad SMARTS) is 1. The van der Waals surface area contributed by atoms with Gasteiger partial charge < -0.3 is 25.2 Å². The van der Waals surface area contributed by atoms with Gasteiger partial charge in [0.25, 0.3) is 0 Å². The van der Waals surface area contributed by atoms with Gasteiger partial charge in [-0.1, -0.05) is 22.0 Å². The maximum absolute atomic E-state index is 14.0. The molecule has 10 nitrogen and oxygen atoms in total. The Morgan fingerprint density at radius 1 is 1.17 bits per heavy atom. The molecule has 1 fully saturated rings. The maximum atomic E-state index is 14.0. The van der Waals surface area contributed by atoms with Crippen LogP contribution in [0.15, 0.2) is 22.7 Å². The number of aliphatic hydroxyl groups is 1. The van der Waals surface area contributed by atoms with Gasteiger partial charge in [-0.2, -0.15) is 4.37 Å². The summed E-state index contributed by atoms with van der Waals surface area (Å²) in [5, 5.41) is 23.9. The monoisotopic (exact) mass is 573 g/mol. The average molecular weight is 574 g/mol. The Bertz CT molecular complexity index is 1000. The SMILES string of the molecule is O=C(NCCCCN1CCN(CCO)CC1)Nc1snc(OCc2ccc(Br)cc2F)c1C(=O)O. The number of anilines is 1. The number of aromatic carboxylic acids is 1. The lowest BCUT2D eigenvalue weighted by Crippen LogP contribution is -2.47. The fraction of sp³-hybridized carbons (Fsp3) is 0.500. The molecule has 0 spiro atoms. The number of ether oxygens (including phenoxy) is 1. The molecule has 1 aromatic heterocycles. The van der Waals surface area contributed by atoms with Gasteiger partial charge in [0.2, 0.25) is 5.88 Å². The number of carbonyl (C=O) groups excluding carboxylic acids is 1. The summed E-state index contributed by atoms with van der Waals surface area (Å²) in [6.45, 7) is 5.92. The van der Waals surface area contributed by atoms with Crippen LogP contribution >= 0.6 is 27.5 Å². The van der Waals surface area contributed by atoms with Crippen molar-refractivity contribution in [2.75, 3.05) is 57.7 Å². The van der Waals surface area contributed by atoms with Crippen LogP contribution < -0.4 is 15.4 Å². The van der Waals surface area contributed by atoms with Crippen molar-refractivity contribution in [2.24, 2.45) is 0 Å².